The van der Waals surface area contributed by atoms with Gasteiger partial charge in [-0.05, 0) is 18.6 Å². The molecule has 0 heterocycles. The van der Waals surface area contributed by atoms with Crippen LogP contribution in [-0.2, 0) is 4.79 Å². The quantitative estimate of drug-likeness (QED) is 0.623. The van der Waals surface area contributed by atoms with Gasteiger partial charge in [0.05, 0.1) is 6.67 Å². The summed E-state index contributed by atoms with van der Waals surface area (Å²) in [4.78, 5) is 10.7. The summed E-state index contributed by atoms with van der Waals surface area (Å²) in [5, 5.41) is 8.44. The van der Waals surface area contributed by atoms with Crippen LogP contribution >= 0.6 is 11.8 Å². The minimum Gasteiger partial charge on any atom is -0.480 e. The van der Waals surface area contributed by atoms with Crippen molar-refractivity contribution in [2.45, 2.75) is 37.9 Å². The Balaban J connectivity index is 3.61. The van der Waals surface area contributed by atoms with Crippen LogP contribution in [0.15, 0.2) is 0 Å². The van der Waals surface area contributed by atoms with E-state index in [1.165, 1.54) is 11.8 Å². The fourth-order valence-corrected chi connectivity index (χ4v) is 1.98. The summed E-state index contributed by atoms with van der Waals surface area (Å²) >= 11 is 1.35. The van der Waals surface area contributed by atoms with Crippen molar-refractivity contribution in [3.8, 4) is 0 Å². The molecule has 0 rings (SSSR count). The molecule has 0 aromatic rings. The van der Waals surface area contributed by atoms with E-state index < -0.39 is 5.97 Å². The molecule has 0 spiro atoms. The lowest BCUT2D eigenvalue weighted by molar-refractivity contribution is -0.136. The highest BCUT2D eigenvalue weighted by atomic mass is 32.2. The standard InChI is InChI=1S/C9H17FO2S/c1-2-3-5-8(9(11)12)13-7-4-6-10/h8H,2-7H2,1H3,(H,11,12). The van der Waals surface area contributed by atoms with Crippen LogP contribution in [-0.4, -0.2) is 28.8 Å². The minimum absolute atomic E-state index is 0.341. The van der Waals surface area contributed by atoms with Gasteiger partial charge in [-0.2, -0.15) is 0 Å². The lowest BCUT2D eigenvalue weighted by Crippen LogP contribution is -2.16. The number of halogens is 1. The number of carboxylic acids is 1. The molecule has 2 nitrogen and oxygen atoms in total. The third-order valence-electron chi connectivity index (χ3n) is 1.69. The van der Waals surface area contributed by atoms with E-state index in [0.717, 1.165) is 12.8 Å². The lowest BCUT2D eigenvalue weighted by atomic mass is 10.2. The maximum Gasteiger partial charge on any atom is 0.316 e. The molecule has 0 aliphatic heterocycles. The van der Waals surface area contributed by atoms with Gasteiger partial charge in [0.25, 0.3) is 0 Å². The Morgan fingerprint density at radius 3 is 2.69 bits per heavy atom. The van der Waals surface area contributed by atoms with Gasteiger partial charge in [0, 0.05) is 0 Å². The molecule has 0 aliphatic carbocycles. The van der Waals surface area contributed by atoms with Crippen molar-refractivity contribution in [2.24, 2.45) is 0 Å². The molecule has 1 N–H and O–H groups in total. The second-order valence-electron chi connectivity index (χ2n) is 2.88. The summed E-state index contributed by atoms with van der Waals surface area (Å²) in [6.07, 6.45) is 3.09. The molecule has 4 heteroatoms. The molecule has 13 heavy (non-hydrogen) atoms. The highest BCUT2D eigenvalue weighted by molar-refractivity contribution is 8.00. The van der Waals surface area contributed by atoms with E-state index in [1.54, 1.807) is 0 Å². The molecule has 0 saturated heterocycles. The van der Waals surface area contributed by atoms with Crippen molar-refractivity contribution in [1.29, 1.82) is 0 Å². The van der Waals surface area contributed by atoms with E-state index in [1.807, 2.05) is 6.92 Å². The summed E-state index contributed by atoms with van der Waals surface area (Å²) < 4.78 is 11.7. The second-order valence-corrected chi connectivity index (χ2v) is 4.19. The summed E-state index contributed by atoms with van der Waals surface area (Å²) in [5.41, 5.74) is 0. The number of aliphatic carboxylic acids is 1. The van der Waals surface area contributed by atoms with E-state index >= 15 is 0 Å². The average molecular weight is 208 g/mol. The fourth-order valence-electron chi connectivity index (χ4n) is 0.948. The summed E-state index contributed by atoms with van der Waals surface area (Å²) in [7, 11) is 0. The van der Waals surface area contributed by atoms with Crippen molar-refractivity contribution in [3.05, 3.63) is 0 Å². The number of rotatable bonds is 8. The molecule has 0 radical (unpaired) electrons. The lowest BCUT2D eigenvalue weighted by Gasteiger charge is -2.10. The number of carboxylic acid groups (broad SMARTS) is 1. The Labute approximate surface area is 82.9 Å². The van der Waals surface area contributed by atoms with Crippen LogP contribution in [0.5, 0.6) is 0 Å². The van der Waals surface area contributed by atoms with Crippen molar-refractivity contribution in [3.63, 3.8) is 0 Å². The average Bonchev–Trinajstić information content (AvgIpc) is 2.10. The Kier molecular flexibility index (Phi) is 8.19. The maximum absolute atomic E-state index is 11.7. The van der Waals surface area contributed by atoms with Crippen molar-refractivity contribution in [1.82, 2.24) is 0 Å². The molecule has 0 amide bonds. The number of thioether (sulfide) groups is 1. The Morgan fingerprint density at radius 1 is 1.54 bits per heavy atom. The predicted octanol–water partition coefficient (Wildman–Crippen LogP) is 2.72. The molecular weight excluding hydrogens is 191 g/mol. The van der Waals surface area contributed by atoms with Crippen LogP contribution < -0.4 is 0 Å². The number of hydrogen-bond acceptors (Lipinski definition) is 2. The van der Waals surface area contributed by atoms with Crippen LogP contribution in [0.25, 0.3) is 0 Å². The first-order valence-corrected chi connectivity index (χ1v) is 5.67. The summed E-state index contributed by atoms with van der Waals surface area (Å²) in [6.45, 7) is 1.68. The molecule has 0 fully saturated rings. The Bertz CT molecular complexity index is 142. The van der Waals surface area contributed by atoms with E-state index in [-0.39, 0.29) is 11.9 Å². The molecule has 0 saturated carbocycles. The van der Waals surface area contributed by atoms with Gasteiger partial charge in [0.15, 0.2) is 0 Å². The molecule has 0 aliphatic rings. The van der Waals surface area contributed by atoms with Gasteiger partial charge >= 0.3 is 5.97 Å². The highest BCUT2D eigenvalue weighted by Gasteiger charge is 2.16. The van der Waals surface area contributed by atoms with Gasteiger partial charge in [0.2, 0.25) is 0 Å². The number of unbranched alkanes of at least 4 members (excludes halogenated alkanes) is 1. The zero-order valence-electron chi connectivity index (χ0n) is 7.96. The normalized spacial score (nSPS) is 12.8. The van der Waals surface area contributed by atoms with Gasteiger partial charge in [-0.15, -0.1) is 11.8 Å². The van der Waals surface area contributed by atoms with Gasteiger partial charge in [0.1, 0.15) is 5.25 Å². The van der Waals surface area contributed by atoms with E-state index in [4.69, 9.17) is 5.11 Å². The number of alkyl halides is 1. The van der Waals surface area contributed by atoms with Crippen LogP contribution in [0, 0.1) is 0 Å². The second kappa shape index (κ2) is 8.35. The molecule has 0 aromatic carbocycles. The van der Waals surface area contributed by atoms with E-state index in [9.17, 15) is 9.18 Å². The SMILES string of the molecule is CCCCC(SCCCF)C(=O)O. The van der Waals surface area contributed by atoms with E-state index in [0.29, 0.717) is 18.6 Å². The Hall–Kier alpha value is -0.250. The number of carbonyl (C=O) groups is 1. The first-order valence-electron chi connectivity index (χ1n) is 4.62. The number of hydrogen-bond donors (Lipinski definition) is 1. The summed E-state index contributed by atoms with van der Waals surface area (Å²) in [5.74, 6) is -0.158. The van der Waals surface area contributed by atoms with Crippen molar-refractivity contribution in [2.75, 3.05) is 12.4 Å². The van der Waals surface area contributed by atoms with E-state index in [2.05, 4.69) is 0 Å². The summed E-state index contributed by atoms with van der Waals surface area (Å²) in [6, 6.07) is 0. The van der Waals surface area contributed by atoms with Crippen molar-refractivity contribution < 1.29 is 14.3 Å². The first kappa shape index (κ1) is 12.8. The molecule has 1 atom stereocenters. The fraction of sp³-hybridized carbons (Fsp3) is 0.889. The van der Waals surface area contributed by atoms with Gasteiger partial charge in [-0.3, -0.25) is 9.18 Å². The largest absolute Gasteiger partial charge is 0.480 e. The van der Waals surface area contributed by atoms with Gasteiger partial charge < -0.3 is 5.11 Å². The zero-order chi connectivity index (χ0) is 10.1. The maximum atomic E-state index is 11.7. The predicted molar refractivity (Wildman–Crippen MR) is 54.0 cm³/mol. The van der Waals surface area contributed by atoms with Crippen LogP contribution in [0.4, 0.5) is 4.39 Å². The van der Waals surface area contributed by atoms with Crippen LogP contribution in [0.3, 0.4) is 0 Å². The molecule has 0 bridgehead atoms. The molecule has 78 valence electrons. The minimum atomic E-state index is -0.766. The smallest absolute Gasteiger partial charge is 0.316 e. The zero-order valence-corrected chi connectivity index (χ0v) is 8.78. The monoisotopic (exact) mass is 208 g/mol. The third-order valence-corrected chi connectivity index (χ3v) is 3.06. The van der Waals surface area contributed by atoms with Gasteiger partial charge in [-0.25, -0.2) is 0 Å². The highest BCUT2D eigenvalue weighted by Crippen LogP contribution is 2.18. The molecular formula is C9H17FO2S. The van der Waals surface area contributed by atoms with Gasteiger partial charge in [-0.1, -0.05) is 19.8 Å². The molecule has 1 unspecified atom stereocenters. The first-order chi connectivity index (χ1) is 6.22. The Morgan fingerprint density at radius 2 is 2.23 bits per heavy atom. The van der Waals surface area contributed by atoms with Crippen LogP contribution in [0.1, 0.15) is 32.6 Å². The molecule has 0 aromatic heterocycles. The third kappa shape index (κ3) is 6.87. The van der Waals surface area contributed by atoms with Crippen molar-refractivity contribution >= 4 is 17.7 Å². The topological polar surface area (TPSA) is 37.3 Å². The van der Waals surface area contributed by atoms with Crippen LogP contribution in [0.2, 0.25) is 0 Å².